The number of hydrogen-bond donors (Lipinski definition) is 0. The maximum absolute atomic E-state index is 12.9. The summed E-state index contributed by atoms with van der Waals surface area (Å²) in [6.45, 7) is 0.275. The Kier molecular flexibility index (Phi) is 4.32. The van der Waals surface area contributed by atoms with Gasteiger partial charge in [0.1, 0.15) is 5.75 Å². The third-order valence-electron chi connectivity index (χ3n) is 3.75. The van der Waals surface area contributed by atoms with Crippen LogP contribution in [-0.2, 0) is 6.54 Å². The summed E-state index contributed by atoms with van der Waals surface area (Å²) in [4.78, 5) is 23.4. The summed E-state index contributed by atoms with van der Waals surface area (Å²) in [6.07, 6.45) is 3.13. The van der Waals surface area contributed by atoms with E-state index in [4.69, 9.17) is 9.26 Å². The first kappa shape index (κ1) is 16.2. The Bertz CT molecular complexity index is 1030. The maximum Gasteiger partial charge on any atom is 0.299 e. The second-order valence-electron chi connectivity index (χ2n) is 5.42. The SMILES string of the molecule is COc1ccc2sc(N(Cc3ccccn3)C(=O)c3ccno3)nc2c1. The first-order valence-corrected chi connectivity index (χ1v) is 8.63. The average molecular weight is 366 g/mol. The van der Waals surface area contributed by atoms with Crippen molar-refractivity contribution in [2.45, 2.75) is 6.54 Å². The molecule has 3 aromatic heterocycles. The van der Waals surface area contributed by atoms with Gasteiger partial charge in [-0.05, 0) is 24.3 Å². The number of methoxy groups -OCH3 is 1. The smallest absolute Gasteiger partial charge is 0.299 e. The van der Waals surface area contributed by atoms with Crippen molar-refractivity contribution >= 4 is 32.6 Å². The Morgan fingerprint density at radius 2 is 2.15 bits per heavy atom. The minimum atomic E-state index is -0.320. The number of carbonyl (C=O) groups is 1. The molecule has 0 N–H and O–H groups in total. The largest absolute Gasteiger partial charge is 0.497 e. The number of aromatic nitrogens is 3. The number of thiazole rings is 1. The molecule has 0 unspecified atom stereocenters. The van der Waals surface area contributed by atoms with E-state index in [2.05, 4.69) is 15.1 Å². The van der Waals surface area contributed by atoms with Gasteiger partial charge in [0, 0.05) is 18.3 Å². The molecule has 8 heteroatoms. The molecule has 0 bridgehead atoms. The monoisotopic (exact) mass is 366 g/mol. The molecule has 130 valence electrons. The highest BCUT2D eigenvalue weighted by molar-refractivity contribution is 7.22. The first-order chi connectivity index (χ1) is 12.7. The van der Waals surface area contributed by atoms with Crippen molar-refractivity contribution in [3.05, 3.63) is 66.3 Å². The molecule has 1 amide bonds. The van der Waals surface area contributed by atoms with Gasteiger partial charge in [-0.3, -0.25) is 14.7 Å². The zero-order valence-corrected chi connectivity index (χ0v) is 14.6. The maximum atomic E-state index is 12.9. The Morgan fingerprint density at radius 3 is 2.88 bits per heavy atom. The Balaban J connectivity index is 1.75. The second kappa shape index (κ2) is 6.93. The lowest BCUT2D eigenvalue weighted by Crippen LogP contribution is -2.30. The predicted octanol–water partition coefficient (Wildman–Crippen LogP) is 3.53. The fourth-order valence-corrected chi connectivity index (χ4v) is 3.42. The van der Waals surface area contributed by atoms with E-state index in [0.29, 0.717) is 10.9 Å². The van der Waals surface area contributed by atoms with Gasteiger partial charge in [0.15, 0.2) is 5.13 Å². The van der Waals surface area contributed by atoms with Crippen molar-refractivity contribution in [3.8, 4) is 5.75 Å². The topological polar surface area (TPSA) is 81.4 Å². The van der Waals surface area contributed by atoms with Crippen molar-refractivity contribution < 1.29 is 14.1 Å². The summed E-state index contributed by atoms with van der Waals surface area (Å²) in [5.74, 6) is 0.545. The molecule has 7 nitrogen and oxygen atoms in total. The average Bonchev–Trinajstić information content (AvgIpc) is 3.35. The van der Waals surface area contributed by atoms with Crippen molar-refractivity contribution in [1.29, 1.82) is 0 Å². The van der Waals surface area contributed by atoms with Crippen molar-refractivity contribution in [2.75, 3.05) is 12.0 Å². The van der Waals surface area contributed by atoms with Crippen LogP contribution in [0.15, 0.2) is 59.4 Å². The van der Waals surface area contributed by atoms with Crippen LogP contribution in [0.25, 0.3) is 10.2 Å². The van der Waals surface area contributed by atoms with E-state index in [-0.39, 0.29) is 18.2 Å². The minimum Gasteiger partial charge on any atom is -0.497 e. The molecular weight excluding hydrogens is 352 g/mol. The van der Waals surface area contributed by atoms with Gasteiger partial charge in [-0.25, -0.2) is 4.98 Å². The van der Waals surface area contributed by atoms with Gasteiger partial charge in [0.05, 0.1) is 35.8 Å². The lowest BCUT2D eigenvalue weighted by molar-refractivity contribution is 0.0949. The first-order valence-electron chi connectivity index (χ1n) is 7.81. The number of carbonyl (C=O) groups excluding carboxylic acids is 1. The summed E-state index contributed by atoms with van der Waals surface area (Å²) in [7, 11) is 1.61. The van der Waals surface area contributed by atoms with Crippen LogP contribution in [0.5, 0.6) is 5.75 Å². The van der Waals surface area contributed by atoms with Crippen LogP contribution in [0.3, 0.4) is 0 Å². The highest BCUT2D eigenvalue weighted by Crippen LogP contribution is 2.32. The van der Waals surface area contributed by atoms with Gasteiger partial charge < -0.3 is 9.26 Å². The van der Waals surface area contributed by atoms with Crippen molar-refractivity contribution in [1.82, 2.24) is 15.1 Å². The fourth-order valence-electron chi connectivity index (χ4n) is 2.48. The van der Waals surface area contributed by atoms with E-state index >= 15 is 0 Å². The standard InChI is InChI=1S/C18H14N4O3S/c1-24-13-5-6-16-14(10-13)21-18(26-16)22(11-12-4-2-3-8-19-12)17(23)15-7-9-20-25-15/h2-10H,11H2,1H3. The summed E-state index contributed by atoms with van der Waals surface area (Å²) in [5.41, 5.74) is 1.51. The molecule has 0 aliphatic carbocycles. The number of amides is 1. The van der Waals surface area contributed by atoms with Crippen molar-refractivity contribution in [2.24, 2.45) is 0 Å². The van der Waals surface area contributed by atoms with Gasteiger partial charge in [0.2, 0.25) is 5.76 Å². The number of fused-ring (bicyclic) bond motifs is 1. The number of anilines is 1. The number of pyridine rings is 1. The van der Waals surface area contributed by atoms with Crippen LogP contribution < -0.4 is 9.64 Å². The normalized spacial score (nSPS) is 10.8. The molecule has 0 saturated heterocycles. The fraction of sp³-hybridized carbons (Fsp3) is 0.111. The molecule has 0 radical (unpaired) electrons. The zero-order chi connectivity index (χ0) is 17.9. The van der Waals surface area contributed by atoms with E-state index in [1.807, 2.05) is 36.4 Å². The molecule has 1 aromatic carbocycles. The molecule has 0 saturated carbocycles. The number of hydrogen-bond acceptors (Lipinski definition) is 7. The van der Waals surface area contributed by atoms with Gasteiger partial charge in [0.25, 0.3) is 5.91 Å². The van der Waals surface area contributed by atoms with Gasteiger partial charge in [-0.1, -0.05) is 22.6 Å². The van der Waals surface area contributed by atoms with E-state index < -0.39 is 0 Å². The third-order valence-corrected chi connectivity index (χ3v) is 4.81. The Labute approximate surface area is 152 Å². The Morgan fingerprint density at radius 1 is 1.23 bits per heavy atom. The molecule has 3 heterocycles. The molecule has 0 spiro atoms. The lowest BCUT2D eigenvalue weighted by Gasteiger charge is -2.17. The lowest BCUT2D eigenvalue weighted by atomic mass is 10.3. The second-order valence-corrected chi connectivity index (χ2v) is 6.43. The third kappa shape index (κ3) is 3.14. The summed E-state index contributed by atoms with van der Waals surface area (Å²) in [6, 6.07) is 12.7. The summed E-state index contributed by atoms with van der Waals surface area (Å²) < 4.78 is 11.2. The quantitative estimate of drug-likeness (QED) is 0.537. The number of benzene rings is 1. The molecule has 0 fully saturated rings. The molecule has 0 aliphatic rings. The number of ether oxygens (including phenoxy) is 1. The molecule has 4 aromatic rings. The highest BCUT2D eigenvalue weighted by atomic mass is 32.1. The predicted molar refractivity (Wildman–Crippen MR) is 97.4 cm³/mol. The minimum absolute atomic E-state index is 0.151. The highest BCUT2D eigenvalue weighted by Gasteiger charge is 2.24. The van der Waals surface area contributed by atoms with Crippen LogP contribution in [0.1, 0.15) is 16.2 Å². The van der Waals surface area contributed by atoms with Crippen LogP contribution in [-0.4, -0.2) is 28.1 Å². The zero-order valence-electron chi connectivity index (χ0n) is 13.8. The summed E-state index contributed by atoms with van der Waals surface area (Å²) in [5, 5.41) is 4.18. The summed E-state index contributed by atoms with van der Waals surface area (Å²) >= 11 is 1.42. The Hall–Kier alpha value is -3.26. The van der Waals surface area contributed by atoms with E-state index in [9.17, 15) is 4.79 Å². The van der Waals surface area contributed by atoms with Crippen LogP contribution in [0, 0.1) is 0 Å². The molecule has 26 heavy (non-hydrogen) atoms. The van der Waals surface area contributed by atoms with E-state index in [0.717, 1.165) is 15.9 Å². The van der Waals surface area contributed by atoms with Crippen LogP contribution >= 0.6 is 11.3 Å². The van der Waals surface area contributed by atoms with Crippen LogP contribution in [0.2, 0.25) is 0 Å². The molecule has 4 rings (SSSR count). The van der Waals surface area contributed by atoms with Gasteiger partial charge >= 0.3 is 0 Å². The van der Waals surface area contributed by atoms with E-state index in [1.165, 1.54) is 23.6 Å². The molecule has 0 aliphatic heterocycles. The number of rotatable bonds is 5. The number of nitrogens with zero attached hydrogens (tertiary/aromatic N) is 4. The van der Waals surface area contributed by atoms with Gasteiger partial charge in [-0.15, -0.1) is 0 Å². The van der Waals surface area contributed by atoms with Gasteiger partial charge in [-0.2, -0.15) is 0 Å². The van der Waals surface area contributed by atoms with Crippen molar-refractivity contribution in [3.63, 3.8) is 0 Å². The van der Waals surface area contributed by atoms with E-state index in [1.54, 1.807) is 18.2 Å². The van der Waals surface area contributed by atoms with Crippen LogP contribution in [0.4, 0.5) is 5.13 Å². The molecule has 0 atom stereocenters. The molecular formula is C18H14N4O3S.